The Morgan fingerprint density at radius 2 is 2.33 bits per heavy atom. The Morgan fingerprint density at radius 1 is 1.47 bits per heavy atom. The number of nitrogens with two attached hydrogens (primary N) is 1. The Bertz CT molecular complexity index is 444. The van der Waals surface area contributed by atoms with E-state index in [4.69, 9.17) is 5.73 Å². The predicted octanol–water partition coefficient (Wildman–Crippen LogP) is 1.89. The van der Waals surface area contributed by atoms with Crippen molar-refractivity contribution in [2.24, 2.45) is 0 Å². The largest absolute Gasteiger partial charge is 0.368 e. The molecule has 15 heavy (non-hydrogen) atoms. The van der Waals surface area contributed by atoms with Gasteiger partial charge in [0.1, 0.15) is 5.82 Å². The first kappa shape index (κ1) is 10.3. The molecule has 5 nitrogen and oxygen atoms in total. The van der Waals surface area contributed by atoms with Gasteiger partial charge in [0.25, 0.3) is 0 Å². The van der Waals surface area contributed by atoms with Gasteiger partial charge < -0.3 is 11.1 Å². The summed E-state index contributed by atoms with van der Waals surface area (Å²) in [7, 11) is 0. The molecule has 0 saturated heterocycles. The molecular formula is C8H8BrN5S. The maximum Gasteiger partial charge on any atom is 0.221 e. The van der Waals surface area contributed by atoms with Crippen LogP contribution in [0.3, 0.4) is 0 Å². The minimum Gasteiger partial charge on any atom is -0.368 e. The van der Waals surface area contributed by atoms with E-state index in [1.54, 1.807) is 23.0 Å². The SMILES string of the molecule is Nc1ncc(Br)c(NCc2cncs2)n1. The van der Waals surface area contributed by atoms with Crippen molar-refractivity contribution < 1.29 is 0 Å². The second-order valence-electron chi connectivity index (χ2n) is 2.75. The van der Waals surface area contributed by atoms with Gasteiger partial charge in [0.15, 0.2) is 0 Å². The van der Waals surface area contributed by atoms with Crippen molar-refractivity contribution in [1.29, 1.82) is 0 Å². The monoisotopic (exact) mass is 285 g/mol. The van der Waals surface area contributed by atoms with Gasteiger partial charge in [-0.1, -0.05) is 0 Å². The van der Waals surface area contributed by atoms with Gasteiger partial charge in [0, 0.05) is 17.3 Å². The van der Waals surface area contributed by atoms with Crippen LogP contribution in [0.25, 0.3) is 0 Å². The van der Waals surface area contributed by atoms with Gasteiger partial charge >= 0.3 is 0 Å². The summed E-state index contributed by atoms with van der Waals surface area (Å²) in [5, 5.41) is 3.15. The summed E-state index contributed by atoms with van der Waals surface area (Å²) in [6.45, 7) is 0.680. The molecule has 2 heterocycles. The Kier molecular flexibility index (Phi) is 3.12. The van der Waals surface area contributed by atoms with E-state index in [0.717, 1.165) is 9.35 Å². The van der Waals surface area contributed by atoms with E-state index in [-0.39, 0.29) is 5.95 Å². The maximum atomic E-state index is 5.48. The van der Waals surface area contributed by atoms with Gasteiger partial charge in [0.05, 0.1) is 16.5 Å². The van der Waals surface area contributed by atoms with E-state index in [0.29, 0.717) is 12.4 Å². The van der Waals surface area contributed by atoms with Crippen molar-refractivity contribution in [3.8, 4) is 0 Å². The maximum absolute atomic E-state index is 5.48. The summed E-state index contributed by atoms with van der Waals surface area (Å²) in [6, 6.07) is 0. The lowest BCUT2D eigenvalue weighted by Gasteiger charge is -2.05. The number of halogens is 1. The smallest absolute Gasteiger partial charge is 0.221 e. The molecule has 2 aromatic rings. The second kappa shape index (κ2) is 4.54. The van der Waals surface area contributed by atoms with Crippen LogP contribution in [0.5, 0.6) is 0 Å². The van der Waals surface area contributed by atoms with Crippen LogP contribution in [0.4, 0.5) is 11.8 Å². The summed E-state index contributed by atoms with van der Waals surface area (Å²) >= 11 is 4.93. The Hall–Kier alpha value is -1.21. The highest BCUT2D eigenvalue weighted by Crippen LogP contribution is 2.20. The van der Waals surface area contributed by atoms with E-state index >= 15 is 0 Å². The minimum absolute atomic E-state index is 0.255. The third-order valence-corrected chi connectivity index (χ3v) is 3.04. The Morgan fingerprint density at radius 3 is 3.07 bits per heavy atom. The summed E-state index contributed by atoms with van der Waals surface area (Å²) in [6.07, 6.45) is 3.44. The molecule has 0 fully saturated rings. The average molecular weight is 286 g/mol. The average Bonchev–Trinajstić information content (AvgIpc) is 2.72. The molecule has 0 unspecified atom stereocenters. The molecule has 0 aliphatic heterocycles. The number of anilines is 2. The molecular weight excluding hydrogens is 278 g/mol. The van der Waals surface area contributed by atoms with Crippen LogP contribution in [0.1, 0.15) is 4.88 Å². The van der Waals surface area contributed by atoms with Gasteiger partial charge in [0.2, 0.25) is 5.95 Å². The van der Waals surface area contributed by atoms with E-state index in [1.165, 1.54) is 0 Å². The van der Waals surface area contributed by atoms with Crippen molar-refractivity contribution in [1.82, 2.24) is 15.0 Å². The number of nitrogen functional groups attached to an aromatic ring is 1. The molecule has 3 N–H and O–H groups in total. The first-order chi connectivity index (χ1) is 7.25. The molecule has 0 aliphatic rings. The van der Waals surface area contributed by atoms with Crippen LogP contribution in [-0.4, -0.2) is 15.0 Å². The summed E-state index contributed by atoms with van der Waals surface area (Å²) in [5.74, 6) is 0.945. The normalized spacial score (nSPS) is 10.2. The number of aromatic nitrogens is 3. The van der Waals surface area contributed by atoms with Crippen molar-refractivity contribution in [3.63, 3.8) is 0 Å². The molecule has 0 atom stereocenters. The number of nitrogens with one attached hydrogen (secondary N) is 1. The quantitative estimate of drug-likeness (QED) is 0.901. The molecule has 0 saturated carbocycles. The lowest BCUT2D eigenvalue weighted by atomic mass is 10.5. The topological polar surface area (TPSA) is 76.7 Å². The van der Waals surface area contributed by atoms with Gasteiger partial charge in [-0.15, -0.1) is 11.3 Å². The van der Waals surface area contributed by atoms with Crippen LogP contribution >= 0.6 is 27.3 Å². The zero-order valence-corrected chi connectivity index (χ0v) is 10.0. The number of thiazole rings is 1. The summed E-state index contributed by atoms with van der Waals surface area (Å²) in [5.41, 5.74) is 7.28. The van der Waals surface area contributed by atoms with Crippen molar-refractivity contribution in [2.45, 2.75) is 6.54 Å². The fourth-order valence-electron chi connectivity index (χ4n) is 1.01. The number of hydrogen-bond donors (Lipinski definition) is 2. The Balaban J connectivity index is 2.07. The van der Waals surface area contributed by atoms with E-state index in [9.17, 15) is 0 Å². The molecule has 0 amide bonds. The summed E-state index contributed by atoms with van der Waals surface area (Å²) in [4.78, 5) is 13.0. The van der Waals surface area contributed by atoms with Gasteiger partial charge in [-0.3, -0.25) is 4.98 Å². The highest BCUT2D eigenvalue weighted by Gasteiger charge is 2.03. The van der Waals surface area contributed by atoms with Crippen LogP contribution in [0.15, 0.2) is 22.4 Å². The third kappa shape index (κ3) is 2.63. The lowest BCUT2D eigenvalue weighted by molar-refractivity contribution is 1.09. The lowest BCUT2D eigenvalue weighted by Crippen LogP contribution is -2.04. The molecule has 0 aromatic carbocycles. The molecule has 0 aliphatic carbocycles. The zero-order valence-electron chi connectivity index (χ0n) is 7.64. The van der Waals surface area contributed by atoms with E-state index < -0.39 is 0 Å². The molecule has 2 aromatic heterocycles. The van der Waals surface area contributed by atoms with Crippen LogP contribution < -0.4 is 11.1 Å². The van der Waals surface area contributed by atoms with Crippen molar-refractivity contribution in [2.75, 3.05) is 11.1 Å². The van der Waals surface area contributed by atoms with Crippen molar-refractivity contribution >= 4 is 39.0 Å². The summed E-state index contributed by atoms with van der Waals surface area (Å²) < 4.78 is 0.793. The minimum atomic E-state index is 0.255. The molecule has 0 bridgehead atoms. The fraction of sp³-hybridized carbons (Fsp3) is 0.125. The number of hydrogen-bond acceptors (Lipinski definition) is 6. The van der Waals surface area contributed by atoms with Gasteiger partial charge in [-0.2, -0.15) is 4.98 Å². The molecule has 0 radical (unpaired) electrons. The number of nitrogens with zero attached hydrogens (tertiary/aromatic N) is 3. The molecule has 7 heteroatoms. The fourth-order valence-corrected chi connectivity index (χ4v) is 1.87. The molecule has 78 valence electrons. The van der Waals surface area contributed by atoms with Crippen LogP contribution in [0, 0.1) is 0 Å². The first-order valence-electron chi connectivity index (χ1n) is 4.15. The third-order valence-electron chi connectivity index (χ3n) is 1.68. The second-order valence-corrected chi connectivity index (χ2v) is 4.57. The van der Waals surface area contributed by atoms with E-state index in [1.807, 2.05) is 6.20 Å². The van der Waals surface area contributed by atoms with Crippen molar-refractivity contribution in [3.05, 3.63) is 27.3 Å². The van der Waals surface area contributed by atoms with Gasteiger partial charge in [-0.05, 0) is 15.9 Å². The highest BCUT2D eigenvalue weighted by molar-refractivity contribution is 9.10. The molecule has 2 rings (SSSR count). The highest BCUT2D eigenvalue weighted by atomic mass is 79.9. The van der Waals surface area contributed by atoms with Gasteiger partial charge in [-0.25, -0.2) is 4.98 Å². The standard InChI is InChI=1S/C8H8BrN5S/c9-6-3-13-8(10)14-7(6)12-2-5-1-11-4-15-5/h1,3-4H,2H2,(H3,10,12,13,14). The Labute approximate surface area is 98.9 Å². The number of rotatable bonds is 3. The molecule has 0 spiro atoms. The van der Waals surface area contributed by atoms with E-state index in [2.05, 4.69) is 36.2 Å². The zero-order chi connectivity index (χ0) is 10.7. The predicted molar refractivity (Wildman–Crippen MR) is 63.6 cm³/mol. The first-order valence-corrected chi connectivity index (χ1v) is 5.82. The van der Waals surface area contributed by atoms with Crippen LogP contribution in [-0.2, 0) is 6.54 Å². The van der Waals surface area contributed by atoms with Crippen LogP contribution in [0.2, 0.25) is 0 Å².